The molecular formula is C22H22ClN3O5S. The molecule has 0 unspecified atom stereocenters. The van der Waals surface area contributed by atoms with Crippen LogP contribution in [0.2, 0.25) is 5.02 Å². The number of anilines is 1. The third-order valence-corrected chi connectivity index (χ3v) is 7.62. The minimum atomic E-state index is -3.83. The van der Waals surface area contributed by atoms with E-state index < -0.39 is 10.0 Å². The van der Waals surface area contributed by atoms with Gasteiger partial charge in [0.05, 0.1) is 6.26 Å². The van der Waals surface area contributed by atoms with Gasteiger partial charge in [-0.05, 0) is 68.3 Å². The largest absolute Gasteiger partial charge is 0.465 e. The second kappa shape index (κ2) is 9.32. The molecule has 1 aliphatic rings. The van der Waals surface area contributed by atoms with Crippen molar-refractivity contribution in [3.63, 3.8) is 0 Å². The molecule has 1 aliphatic heterocycles. The summed E-state index contributed by atoms with van der Waals surface area (Å²) in [7, 11) is -3.83. The van der Waals surface area contributed by atoms with Crippen LogP contribution in [0.1, 0.15) is 30.1 Å². The SMILES string of the molecule is Cc1noc(/C=C/c2ccco2)c1S(=O)(=O)N1CCC(C(=O)Nc2ccc(Cl)cc2)CC1. The second-order valence-corrected chi connectivity index (χ2v) is 9.80. The molecule has 32 heavy (non-hydrogen) atoms. The van der Waals surface area contributed by atoms with Gasteiger partial charge in [0, 0.05) is 29.7 Å². The van der Waals surface area contributed by atoms with Crippen molar-refractivity contribution in [2.75, 3.05) is 18.4 Å². The van der Waals surface area contributed by atoms with Crippen LogP contribution in [0, 0.1) is 12.8 Å². The number of nitrogens with zero attached hydrogens (tertiary/aromatic N) is 2. The van der Waals surface area contributed by atoms with Gasteiger partial charge in [0.1, 0.15) is 11.5 Å². The maximum atomic E-state index is 13.3. The molecule has 8 nitrogen and oxygen atoms in total. The lowest BCUT2D eigenvalue weighted by molar-refractivity contribution is -0.120. The second-order valence-electron chi connectivity index (χ2n) is 7.48. The Bertz CT molecular complexity index is 1210. The number of amides is 1. The molecule has 1 saturated heterocycles. The minimum Gasteiger partial charge on any atom is -0.465 e. The summed E-state index contributed by atoms with van der Waals surface area (Å²) in [5, 5.41) is 7.28. The van der Waals surface area contributed by atoms with Gasteiger partial charge in [0.25, 0.3) is 0 Å². The Balaban J connectivity index is 1.43. The zero-order valence-corrected chi connectivity index (χ0v) is 18.9. The van der Waals surface area contributed by atoms with Crippen LogP contribution in [0.15, 0.2) is 56.5 Å². The maximum absolute atomic E-state index is 13.3. The van der Waals surface area contributed by atoms with Gasteiger partial charge in [-0.3, -0.25) is 4.79 Å². The third kappa shape index (κ3) is 4.79. The molecule has 1 N–H and O–H groups in total. The number of sulfonamides is 1. The summed E-state index contributed by atoms with van der Waals surface area (Å²) in [6.45, 7) is 2.05. The summed E-state index contributed by atoms with van der Waals surface area (Å²) in [4.78, 5) is 12.6. The fraction of sp³-hybridized carbons (Fsp3) is 0.273. The molecule has 1 fully saturated rings. The fourth-order valence-electron chi connectivity index (χ4n) is 3.61. The topological polar surface area (TPSA) is 106 Å². The first kappa shape index (κ1) is 22.3. The molecule has 0 saturated carbocycles. The number of aromatic nitrogens is 1. The number of rotatable bonds is 6. The number of halogens is 1. The number of nitrogens with one attached hydrogen (secondary N) is 1. The molecule has 1 amide bonds. The number of carbonyl (C=O) groups excluding carboxylic acids is 1. The molecule has 0 spiro atoms. The Labute approximate surface area is 190 Å². The van der Waals surface area contributed by atoms with Gasteiger partial charge in [-0.25, -0.2) is 8.42 Å². The van der Waals surface area contributed by atoms with E-state index in [0.717, 1.165) is 0 Å². The monoisotopic (exact) mass is 475 g/mol. The number of piperidine rings is 1. The van der Waals surface area contributed by atoms with Crippen LogP contribution < -0.4 is 5.32 Å². The molecule has 168 valence electrons. The predicted molar refractivity (Wildman–Crippen MR) is 120 cm³/mol. The van der Waals surface area contributed by atoms with Crippen LogP contribution in [0.4, 0.5) is 5.69 Å². The quantitative estimate of drug-likeness (QED) is 0.565. The lowest BCUT2D eigenvalue weighted by atomic mass is 9.97. The molecule has 2 aromatic heterocycles. The van der Waals surface area contributed by atoms with E-state index in [-0.39, 0.29) is 41.3 Å². The van der Waals surface area contributed by atoms with Crippen molar-refractivity contribution in [3.8, 4) is 0 Å². The highest BCUT2D eigenvalue weighted by atomic mass is 35.5. The van der Waals surface area contributed by atoms with Gasteiger partial charge in [0.2, 0.25) is 15.9 Å². The zero-order valence-electron chi connectivity index (χ0n) is 17.3. The first-order valence-corrected chi connectivity index (χ1v) is 11.9. The smallest absolute Gasteiger partial charge is 0.248 e. The number of hydrogen-bond acceptors (Lipinski definition) is 6. The van der Waals surface area contributed by atoms with E-state index >= 15 is 0 Å². The molecule has 1 aromatic carbocycles. The number of hydrogen-bond donors (Lipinski definition) is 1. The molecule has 0 bridgehead atoms. The number of furan rings is 1. The fourth-order valence-corrected chi connectivity index (χ4v) is 5.45. The van der Waals surface area contributed by atoms with Crippen LogP contribution in [-0.4, -0.2) is 36.9 Å². The molecule has 10 heteroatoms. The van der Waals surface area contributed by atoms with Gasteiger partial charge in [0.15, 0.2) is 10.7 Å². The van der Waals surface area contributed by atoms with Gasteiger partial charge < -0.3 is 14.3 Å². The number of carbonyl (C=O) groups is 1. The summed E-state index contributed by atoms with van der Waals surface area (Å²) < 4.78 is 38.5. The average Bonchev–Trinajstić information content (AvgIpc) is 3.43. The van der Waals surface area contributed by atoms with E-state index in [2.05, 4.69) is 10.5 Å². The van der Waals surface area contributed by atoms with Crippen LogP contribution in [0.25, 0.3) is 12.2 Å². The molecule has 0 atom stereocenters. The van der Waals surface area contributed by atoms with E-state index in [1.165, 1.54) is 16.6 Å². The molecular weight excluding hydrogens is 454 g/mol. The van der Waals surface area contributed by atoms with Crippen molar-refractivity contribution < 1.29 is 22.2 Å². The summed E-state index contributed by atoms with van der Waals surface area (Å²) in [5.41, 5.74) is 0.939. The summed E-state index contributed by atoms with van der Waals surface area (Å²) >= 11 is 5.87. The molecule has 3 aromatic rings. The molecule has 3 heterocycles. The van der Waals surface area contributed by atoms with Crippen LogP contribution in [0.3, 0.4) is 0 Å². The lowest BCUT2D eigenvalue weighted by Gasteiger charge is -2.30. The van der Waals surface area contributed by atoms with E-state index in [4.69, 9.17) is 20.5 Å². The van der Waals surface area contributed by atoms with Crippen LogP contribution in [0.5, 0.6) is 0 Å². The number of aryl methyl sites for hydroxylation is 1. The van der Waals surface area contributed by atoms with Crippen LogP contribution >= 0.6 is 11.6 Å². The maximum Gasteiger partial charge on any atom is 0.248 e. The molecule has 0 aliphatic carbocycles. The van der Waals surface area contributed by atoms with Crippen LogP contribution in [-0.2, 0) is 14.8 Å². The predicted octanol–water partition coefficient (Wildman–Crippen LogP) is 4.44. The highest BCUT2D eigenvalue weighted by molar-refractivity contribution is 7.89. The molecule has 4 rings (SSSR count). The average molecular weight is 476 g/mol. The Morgan fingerprint density at radius 1 is 1.19 bits per heavy atom. The summed E-state index contributed by atoms with van der Waals surface area (Å²) in [6.07, 6.45) is 5.50. The highest BCUT2D eigenvalue weighted by Gasteiger charge is 2.35. The standard InChI is InChI=1S/C22H22ClN3O5S/c1-15-21(20(31-25-15)9-8-19-3-2-14-30-19)32(28,29)26-12-10-16(11-13-26)22(27)24-18-6-4-17(23)5-7-18/h2-9,14,16H,10-13H2,1H3,(H,24,27)/b9-8+. The van der Waals surface area contributed by atoms with E-state index in [0.29, 0.717) is 29.3 Å². The summed E-state index contributed by atoms with van der Waals surface area (Å²) in [5.74, 6) is 0.294. The Hall–Kier alpha value is -2.88. The van der Waals surface area contributed by atoms with E-state index in [1.54, 1.807) is 49.4 Å². The summed E-state index contributed by atoms with van der Waals surface area (Å²) in [6, 6.07) is 10.3. The zero-order chi connectivity index (χ0) is 22.7. The lowest BCUT2D eigenvalue weighted by Crippen LogP contribution is -2.41. The molecule has 0 radical (unpaired) electrons. The van der Waals surface area contributed by atoms with Crippen molar-refractivity contribution in [1.29, 1.82) is 0 Å². The van der Waals surface area contributed by atoms with Gasteiger partial charge in [-0.2, -0.15) is 4.31 Å². The van der Waals surface area contributed by atoms with E-state index in [9.17, 15) is 13.2 Å². The van der Waals surface area contributed by atoms with E-state index in [1.807, 2.05) is 0 Å². The van der Waals surface area contributed by atoms with Crippen molar-refractivity contribution in [2.24, 2.45) is 5.92 Å². The first-order valence-electron chi connectivity index (χ1n) is 10.1. The van der Waals surface area contributed by atoms with Gasteiger partial charge in [-0.1, -0.05) is 16.8 Å². The van der Waals surface area contributed by atoms with Gasteiger partial charge in [-0.15, -0.1) is 0 Å². The van der Waals surface area contributed by atoms with Crippen molar-refractivity contribution in [1.82, 2.24) is 9.46 Å². The Morgan fingerprint density at radius 3 is 2.56 bits per heavy atom. The third-order valence-electron chi connectivity index (χ3n) is 5.31. The van der Waals surface area contributed by atoms with Gasteiger partial charge >= 0.3 is 0 Å². The first-order chi connectivity index (χ1) is 15.3. The minimum absolute atomic E-state index is 0.0318. The highest BCUT2D eigenvalue weighted by Crippen LogP contribution is 2.29. The van der Waals surface area contributed by atoms with Crippen molar-refractivity contribution in [2.45, 2.75) is 24.7 Å². The Morgan fingerprint density at radius 2 is 1.91 bits per heavy atom. The normalized spacial score (nSPS) is 15.9. The number of benzene rings is 1. The van der Waals surface area contributed by atoms with Crippen molar-refractivity contribution in [3.05, 3.63) is 64.9 Å². The van der Waals surface area contributed by atoms with Crippen molar-refractivity contribution >= 4 is 45.4 Å². The Kier molecular flexibility index (Phi) is 6.50.